The molecule has 1 saturated heterocycles. The zero-order valence-electron chi connectivity index (χ0n) is 14.8. The molecule has 0 saturated carbocycles. The average Bonchev–Trinajstić information content (AvgIpc) is 3.21. The van der Waals surface area contributed by atoms with Crippen LogP contribution in [-0.2, 0) is 11.2 Å². The molecular weight excluding hydrogens is 312 g/mol. The van der Waals surface area contributed by atoms with Gasteiger partial charge in [-0.2, -0.15) is 0 Å². The first kappa shape index (κ1) is 15.9. The average molecular weight is 336 g/mol. The largest absolute Gasteiger partial charge is 0.361 e. The van der Waals surface area contributed by atoms with E-state index in [4.69, 9.17) is 0 Å². The van der Waals surface area contributed by atoms with Crippen LogP contribution >= 0.6 is 0 Å². The zero-order chi connectivity index (χ0) is 17.4. The molecule has 3 heterocycles. The Kier molecular flexibility index (Phi) is 4.07. The van der Waals surface area contributed by atoms with Crippen molar-refractivity contribution in [2.24, 2.45) is 0 Å². The van der Waals surface area contributed by atoms with Gasteiger partial charge in [-0.1, -0.05) is 12.1 Å². The zero-order valence-corrected chi connectivity index (χ0v) is 14.8. The molecule has 0 aliphatic carbocycles. The first-order chi connectivity index (χ1) is 12.1. The summed E-state index contributed by atoms with van der Waals surface area (Å²) in [4.78, 5) is 22.5. The number of likely N-dealkylation sites (tertiary alicyclic amines) is 1. The molecule has 0 bridgehead atoms. The number of nitrogens with zero attached hydrogens (tertiary/aromatic N) is 3. The lowest BCUT2D eigenvalue weighted by atomic mass is 10.0. The topological polar surface area (TPSA) is 53.9 Å². The van der Waals surface area contributed by atoms with Crippen LogP contribution in [0.1, 0.15) is 35.8 Å². The first-order valence-electron chi connectivity index (χ1n) is 8.95. The number of benzene rings is 1. The van der Waals surface area contributed by atoms with E-state index < -0.39 is 0 Å². The van der Waals surface area contributed by atoms with Crippen LogP contribution in [0, 0.1) is 13.8 Å². The second-order valence-electron chi connectivity index (χ2n) is 7.06. The predicted octanol–water partition coefficient (Wildman–Crippen LogP) is 3.39. The molecular formula is C20H24N4O. The van der Waals surface area contributed by atoms with Gasteiger partial charge in [-0.3, -0.25) is 4.79 Å². The Morgan fingerprint density at radius 3 is 3.04 bits per heavy atom. The second kappa shape index (κ2) is 6.39. The van der Waals surface area contributed by atoms with Crippen molar-refractivity contribution in [3.05, 3.63) is 53.7 Å². The highest BCUT2D eigenvalue weighted by Gasteiger charge is 2.25. The highest BCUT2D eigenvalue weighted by molar-refractivity contribution is 5.89. The number of carbonyl (C=O) groups is 1. The van der Waals surface area contributed by atoms with E-state index in [1.165, 1.54) is 5.56 Å². The molecule has 0 radical (unpaired) electrons. The Balaban J connectivity index is 1.49. The number of nitrogens with one attached hydrogen (secondary N) is 1. The Morgan fingerprint density at radius 1 is 1.36 bits per heavy atom. The maximum Gasteiger partial charge on any atom is 0.227 e. The van der Waals surface area contributed by atoms with Crippen LogP contribution in [-0.4, -0.2) is 38.4 Å². The minimum Gasteiger partial charge on any atom is -0.361 e. The van der Waals surface area contributed by atoms with Crippen molar-refractivity contribution in [3.8, 4) is 0 Å². The minimum atomic E-state index is 0.212. The van der Waals surface area contributed by atoms with Gasteiger partial charge in [0.05, 0.1) is 12.5 Å². The van der Waals surface area contributed by atoms with Crippen LogP contribution in [0.4, 0.5) is 0 Å². The number of carbonyl (C=O) groups excluding carboxylic acids is 1. The van der Waals surface area contributed by atoms with Gasteiger partial charge < -0.3 is 14.5 Å². The summed E-state index contributed by atoms with van der Waals surface area (Å²) in [7, 11) is 0. The van der Waals surface area contributed by atoms with Crippen molar-refractivity contribution in [2.45, 2.75) is 39.2 Å². The summed E-state index contributed by atoms with van der Waals surface area (Å²) in [6.07, 6.45) is 8.44. The normalized spacial score (nSPS) is 18.0. The number of piperidine rings is 1. The fraction of sp³-hybridized carbons (Fsp3) is 0.400. The number of hydrogen-bond donors (Lipinski definition) is 1. The van der Waals surface area contributed by atoms with Gasteiger partial charge in [0, 0.05) is 42.6 Å². The number of aromatic amines is 1. The molecule has 1 fully saturated rings. The van der Waals surface area contributed by atoms with Crippen molar-refractivity contribution in [2.75, 3.05) is 13.1 Å². The number of rotatable bonds is 3. The van der Waals surface area contributed by atoms with Gasteiger partial charge in [0.2, 0.25) is 5.91 Å². The summed E-state index contributed by atoms with van der Waals surface area (Å²) < 4.78 is 2.20. The maximum absolute atomic E-state index is 12.9. The quantitative estimate of drug-likeness (QED) is 0.797. The molecule has 1 aliphatic heterocycles. The van der Waals surface area contributed by atoms with Crippen LogP contribution in [0.3, 0.4) is 0 Å². The summed E-state index contributed by atoms with van der Waals surface area (Å²) in [6.45, 7) is 5.73. The van der Waals surface area contributed by atoms with Crippen molar-refractivity contribution in [1.29, 1.82) is 0 Å². The van der Waals surface area contributed by atoms with E-state index in [1.807, 2.05) is 30.4 Å². The number of imidazole rings is 1. The Labute approximate surface area is 147 Å². The minimum absolute atomic E-state index is 0.212. The highest BCUT2D eigenvalue weighted by Crippen LogP contribution is 2.25. The van der Waals surface area contributed by atoms with Crippen molar-refractivity contribution in [3.63, 3.8) is 0 Å². The third kappa shape index (κ3) is 3.06. The van der Waals surface area contributed by atoms with Crippen LogP contribution < -0.4 is 0 Å². The predicted molar refractivity (Wildman–Crippen MR) is 98.6 cm³/mol. The Hall–Kier alpha value is -2.56. The van der Waals surface area contributed by atoms with Crippen molar-refractivity contribution < 1.29 is 4.79 Å². The molecule has 4 rings (SSSR count). The Bertz CT molecular complexity index is 907. The van der Waals surface area contributed by atoms with E-state index in [9.17, 15) is 4.79 Å². The van der Waals surface area contributed by atoms with Crippen LogP contribution in [0.2, 0.25) is 0 Å². The van der Waals surface area contributed by atoms with E-state index >= 15 is 0 Å². The van der Waals surface area contributed by atoms with E-state index in [1.54, 1.807) is 0 Å². The summed E-state index contributed by atoms with van der Waals surface area (Å²) in [6, 6.07) is 6.67. The molecule has 1 amide bonds. The fourth-order valence-electron chi connectivity index (χ4n) is 3.90. The molecule has 25 heavy (non-hydrogen) atoms. The third-order valence-corrected chi connectivity index (χ3v) is 5.27. The molecule has 0 spiro atoms. The second-order valence-corrected chi connectivity index (χ2v) is 7.06. The molecule has 2 aromatic heterocycles. The highest BCUT2D eigenvalue weighted by atomic mass is 16.2. The van der Waals surface area contributed by atoms with Gasteiger partial charge >= 0.3 is 0 Å². The van der Waals surface area contributed by atoms with Crippen LogP contribution in [0.15, 0.2) is 36.8 Å². The molecule has 1 aliphatic rings. The molecule has 3 aromatic rings. The van der Waals surface area contributed by atoms with E-state index in [0.717, 1.165) is 48.2 Å². The molecule has 1 aromatic carbocycles. The number of hydrogen-bond acceptors (Lipinski definition) is 2. The molecule has 0 unspecified atom stereocenters. The lowest BCUT2D eigenvalue weighted by Gasteiger charge is -2.34. The first-order valence-corrected chi connectivity index (χ1v) is 8.95. The molecule has 1 N–H and O–H groups in total. The van der Waals surface area contributed by atoms with E-state index in [2.05, 4.69) is 39.7 Å². The van der Waals surface area contributed by atoms with E-state index in [0.29, 0.717) is 12.5 Å². The Morgan fingerprint density at radius 2 is 2.24 bits per heavy atom. The standard InChI is InChI=1S/C20H24N4O/c1-14-5-6-18-16(12-22-19(18)10-14)11-20(25)23-8-3-4-17(13-23)24-9-7-21-15(24)2/h5-7,9-10,12,17,22H,3-4,8,11,13H2,1-2H3/t17-/m0/s1. The lowest BCUT2D eigenvalue weighted by Crippen LogP contribution is -2.41. The van der Waals surface area contributed by atoms with Crippen molar-refractivity contribution >= 4 is 16.8 Å². The lowest BCUT2D eigenvalue weighted by molar-refractivity contribution is -0.132. The number of H-pyrrole nitrogens is 1. The number of aryl methyl sites for hydroxylation is 2. The molecule has 1 atom stereocenters. The summed E-state index contributed by atoms with van der Waals surface area (Å²) >= 11 is 0. The van der Waals surface area contributed by atoms with Crippen LogP contribution in [0.25, 0.3) is 10.9 Å². The van der Waals surface area contributed by atoms with Gasteiger partial charge in [0.25, 0.3) is 0 Å². The summed E-state index contributed by atoms with van der Waals surface area (Å²) in [5, 5.41) is 1.15. The molecule has 130 valence electrons. The van der Waals surface area contributed by atoms with Gasteiger partial charge in [-0.05, 0) is 43.9 Å². The van der Waals surface area contributed by atoms with Gasteiger partial charge in [0.1, 0.15) is 5.82 Å². The van der Waals surface area contributed by atoms with Crippen LogP contribution in [0.5, 0.6) is 0 Å². The monoisotopic (exact) mass is 336 g/mol. The summed E-state index contributed by atoms with van der Waals surface area (Å²) in [5.41, 5.74) is 3.41. The number of fused-ring (bicyclic) bond motifs is 1. The van der Waals surface area contributed by atoms with Gasteiger partial charge in [-0.15, -0.1) is 0 Å². The molecule has 5 nitrogen and oxygen atoms in total. The SMILES string of the molecule is Cc1ccc2c(CC(=O)N3CCC[C@H](n4ccnc4C)C3)c[nH]c2c1. The molecule has 5 heteroatoms. The number of aromatic nitrogens is 3. The van der Waals surface area contributed by atoms with Gasteiger partial charge in [-0.25, -0.2) is 4.98 Å². The maximum atomic E-state index is 12.9. The van der Waals surface area contributed by atoms with E-state index in [-0.39, 0.29) is 5.91 Å². The smallest absolute Gasteiger partial charge is 0.227 e. The van der Waals surface area contributed by atoms with Gasteiger partial charge in [0.15, 0.2) is 0 Å². The third-order valence-electron chi connectivity index (χ3n) is 5.27. The van der Waals surface area contributed by atoms with Crippen molar-refractivity contribution in [1.82, 2.24) is 19.4 Å². The fourth-order valence-corrected chi connectivity index (χ4v) is 3.90. The summed E-state index contributed by atoms with van der Waals surface area (Å²) in [5.74, 6) is 1.23. The number of amides is 1.